The van der Waals surface area contributed by atoms with Crippen LogP contribution < -0.4 is 10.6 Å². The van der Waals surface area contributed by atoms with Gasteiger partial charge in [-0.25, -0.2) is 0 Å². The second-order valence-corrected chi connectivity index (χ2v) is 6.33. The van der Waals surface area contributed by atoms with Crippen molar-refractivity contribution in [1.82, 2.24) is 4.90 Å². The number of carbonyl (C=O) groups is 2. The molecule has 1 heterocycles. The first-order valence-corrected chi connectivity index (χ1v) is 8.68. The molecule has 6 heteroatoms. The Morgan fingerprint density at radius 3 is 2.12 bits per heavy atom. The van der Waals surface area contributed by atoms with Crippen molar-refractivity contribution in [1.29, 1.82) is 0 Å². The quantitative estimate of drug-likeness (QED) is 0.867. The second-order valence-electron chi connectivity index (χ2n) is 6.33. The van der Waals surface area contributed by atoms with Crippen LogP contribution in [0.25, 0.3) is 0 Å². The number of ether oxygens (including phenoxy) is 1. The highest BCUT2D eigenvalue weighted by Gasteiger charge is 2.14. The molecule has 1 aliphatic heterocycles. The number of amides is 2. The summed E-state index contributed by atoms with van der Waals surface area (Å²) in [5.41, 5.74) is 3.11. The molecular weight excluding hydrogens is 330 g/mol. The van der Waals surface area contributed by atoms with Crippen LogP contribution in [0, 0.1) is 6.92 Å². The van der Waals surface area contributed by atoms with E-state index in [-0.39, 0.29) is 11.8 Å². The Labute approximate surface area is 153 Å². The van der Waals surface area contributed by atoms with Gasteiger partial charge in [0.15, 0.2) is 0 Å². The third-order valence-electron chi connectivity index (χ3n) is 4.21. The molecule has 3 rings (SSSR count). The molecule has 0 aliphatic carbocycles. The molecule has 2 N–H and O–H groups in total. The van der Waals surface area contributed by atoms with Gasteiger partial charge in [-0.05, 0) is 43.3 Å². The monoisotopic (exact) mass is 353 g/mol. The average molecular weight is 353 g/mol. The minimum atomic E-state index is -0.158. The Kier molecular flexibility index (Phi) is 5.99. The minimum absolute atomic E-state index is 0.0525. The molecule has 26 heavy (non-hydrogen) atoms. The Bertz CT molecular complexity index is 751. The molecule has 1 aliphatic rings. The van der Waals surface area contributed by atoms with E-state index < -0.39 is 0 Å². The summed E-state index contributed by atoms with van der Waals surface area (Å²) in [6.07, 6.45) is 0. The lowest BCUT2D eigenvalue weighted by atomic mass is 10.1. The average Bonchev–Trinajstić information content (AvgIpc) is 2.64. The zero-order chi connectivity index (χ0) is 18.4. The molecule has 0 unspecified atom stereocenters. The topological polar surface area (TPSA) is 70.7 Å². The van der Waals surface area contributed by atoms with Gasteiger partial charge in [-0.2, -0.15) is 0 Å². The van der Waals surface area contributed by atoms with Gasteiger partial charge >= 0.3 is 0 Å². The molecule has 136 valence electrons. The fraction of sp³-hybridized carbons (Fsp3) is 0.300. The van der Waals surface area contributed by atoms with Crippen molar-refractivity contribution in [3.8, 4) is 0 Å². The van der Waals surface area contributed by atoms with Gasteiger partial charge in [0.05, 0.1) is 19.8 Å². The van der Waals surface area contributed by atoms with E-state index in [0.717, 1.165) is 18.7 Å². The molecule has 2 amide bonds. The fourth-order valence-corrected chi connectivity index (χ4v) is 2.71. The van der Waals surface area contributed by atoms with Crippen LogP contribution >= 0.6 is 0 Å². The number of hydrogen-bond acceptors (Lipinski definition) is 4. The van der Waals surface area contributed by atoms with E-state index in [1.807, 2.05) is 19.1 Å². The zero-order valence-electron chi connectivity index (χ0n) is 14.8. The first-order chi connectivity index (χ1) is 12.6. The first kappa shape index (κ1) is 18.1. The normalized spacial score (nSPS) is 14.7. The SMILES string of the molecule is Cc1ccc(C(=O)Nc2ccc(NC(=O)CN3CCOCC3)cc2)cc1. The van der Waals surface area contributed by atoms with Crippen molar-refractivity contribution in [3.05, 3.63) is 59.7 Å². The number of aryl methyl sites for hydroxylation is 1. The molecule has 2 aromatic carbocycles. The predicted molar refractivity (Wildman–Crippen MR) is 101 cm³/mol. The number of nitrogens with one attached hydrogen (secondary N) is 2. The zero-order valence-corrected chi connectivity index (χ0v) is 14.8. The third-order valence-corrected chi connectivity index (χ3v) is 4.21. The number of rotatable bonds is 5. The van der Waals surface area contributed by atoms with Crippen molar-refractivity contribution >= 4 is 23.2 Å². The summed E-state index contributed by atoms with van der Waals surface area (Å²) in [4.78, 5) is 26.4. The Morgan fingerprint density at radius 2 is 1.50 bits per heavy atom. The summed E-state index contributed by atoms with van der Waals surface area (Å²) >= 11 is 0. The van der Waals surface area contributed by atoms with Crippen LogP contribution in [0.3, 0.4) is 0 Å². The molecular formula is C20H23N3O3. The maximum atomic E-state index is 12.2. The van der Waals surface area contributed by atoms with Crippen LogP contribution in [0.2, 0.25) is 0 Å². The molecule has 0 saturated carbocycles. The van der Waals surface area contributed by atoms with E-state index in [4.69, 9.17) is 4.74 Å². The van der Waals surface area contributed by atoms with Crippen molar-refractivity contribution in [2.45, 2.75) is 6.92 Å². The lowest BCUT2D eigenvalue weighted by Gasteiger charge is -2.25. The summed E-state index contributed by atoms with van der Waals surface area (Å²) in [6, 6.07) is 14.5. The molecule has 1 fully saturated rings. The van der Waals surface area contributed by atoms with Gasteiger partial charge in [0.2, 0.25) is 5.91 Å². The van der Waals surface area contributed by atoms with Gasteiger partial charge < -0.3 is 15.4 Å². The lowest BCUT2D eigenvalue weighted by molar-refractivity contribution is -0.118. The van der Waals surface area contributed by atoms with Crippen LogP contribution in [-0.2, 0) is 9.53 Å². The van der Waals surface area contributed by atoms with Crippen molar-refractivity contribution in [3.63, 3.8) is 0 Å². The van der Waals surface area contributed by atoms with E-state index in [1.54, 1.807) is 36.4 Å². The minimum Gasteiger partial charge on any atom is -0.379 e. The van der Waals surface area contributed by atoms with Gasteiger partial charge in [0.1, 0.15) is 0 Å². The van der Waals surface area contributed by atoms with Crippen LogP contribution in [0.1, 0.15) is 15.9 Å². The van der Waals surface area contributed by atoms with Gasteiger partial charge in [0, 0.05) is 30.0 Å². The van der Waals surface area contributed by atoms with E-state index in [2.05, 4.69) is 15.5 Å². The van der Waals surface area contributed by atoms with Crippen molar-refractivity contribution in [2.75, 3.05) is 43.5 Å². The number of hydrogen-bond donors (Lipinski definition) is 2. The standard InChI is InChI=1S/C20H23N3O3/c1-15-2-4-16(5-3-15)20(25)22-18-8-6-17(7-9-18)21-19(24)14-23-10-12-26-13-11-23/h2-9H,10-14H2,1H3,(H,21,24)(H,22,25). The van der Waals surface area contributed by atoms with E-state index in [9.17, 15) is 9.59 Å². The molecule has 6 nitrogen and oxygen atoms in total. The Balaban J connectivity index is 1.52. The van der Waals surface area contributed by atoms with Crippen LogP contribution in [-0.4, -0.2) is 49.6 Å². The number of benzene rings is 2. The highest BCUT2D eigenvalue weighted by molar-refractivity contribution is 6.04. The van der Waals surface area contributed by atoms with Crippen LogP contribution in [0.5, 0.6) is 0 Å². The summed E-state index contributed by atoms with van der Waals surface area (Å²) in [5, 5.41) is 5.72. The van der Waals surface area contributed by atoms with E-state index >= 15 is 0 Å². The van der Waals surface area contributed by atoms with Crippen LogP contribution in [0.15, 0.2) is 48.5 Å². The number of nitrogens with zero attached hydrogens (tertiary/aromatic N) is 1. The largest absolute Gasteiger partial charge is 0.379 e. The number of anilines is 2. The molecule has 0 atom stereocenters. The highest BCUT2D eigenvalue weighted by Crippen LogP contribution is 2.15. The molecule has 0 radical (unpaired) electrons. The molecule has 0 bridgehead atoms. The Hall–Kier alpha value is -2.70. The van der Waals surface area contributed by atoms with Crippen LogP contribution in [0.4, 0.5) is 11.4 Å². The van der Waals surface area contributed by atoms with E-state index in [0.29, 0.717) is 36.7 Å². The summed E-state index contributed by atoms with van der Waals surface area (Å²) in [5.74, 6) is -0.211. The Morgan fingerprint density at radius 1 is 0.923 bits per heavy atom. The molecule has 1 saturated heterocycles. The number of morpholine rings is 1. The smallest absolute Gasteiger partial charge is 0.255 e. The third kappa shape index (κ3) is 5.15. The van der Waals surface area contributed by atoms with Crippen molar-refractivity contribution < 1.29 is 14.3 Å². The maximum absolute atomic E-state index is 12.2. The van der Waals surface area contributed by atoms with Gasteiger partial charge in [-0.3, -0.25) is 14.5 Å². The fourth-order valence-electron chi connectivity index (χ4n) is 2.71. The summed E-state index contributed by atoms with van der Waals surface area (Å²) in [7, 11) is 0. The highest BCUT2D eigenvalue weighted by atomic mass is 16.5. The van der Waals surface area contributed by atoms with Crippen molar-refractivity contribution in [2.24, 2.45) is 0 Å². The lowest BCUT2D eigenvalue weighted by Crippen LogP contribution is -2.41. The second kappa shape index (κ2) is 8.60. The van der Waals surface area contributed by atoms with E-state index in [1.165, 1.54) is 0 Å². The number of carbonyl (C=O) groups excluding carboxylic acids is 2. The summed E-state index contributed by atoms with van der Waals surface area (Å²) < 4.78 is 5.27. The van der Waals surface area contributed by atoms with Gasteiger partial charge in [-0.1, -0.05) is 17.7 Å². The summed E-state index contributed by atoms with van der Waals surface area (Å²) in [6.45, 7) is 5.23. The molecule has 0 aromatic heterocycles. The molecule has 2 aromatic rings. The van der Waals surface area contributed by atoms with Gasteiger partial charge in [0.25, 0.3) is 5.91 Å². The maximum Gasteiger partial charge on any atom is 0.255 e. The predicted octanol–water partition coefficient (Wildman–Crippen LogP) is 2.52. The molecule has 0 spiro atoms. The first-order valence-electron chi connectivity index (χ1n) is 8.68. The van der Waals surface area contributed by atoms with Gasteiger partial charge in [-0.15, -0.1) is 0 Å².